The van der Waals surface area contributed by atoms with Gasteiger partial charge >= 0.3 is 6.03 Å². The number of pyridine rings is 1. The molecule has 1 aliphatic heterocycles. The smallest absolute Gasteiger partial charge is 0.315 e. The molecular formula is C33H40ClN5O2. The van der Waals surface area contributed by atoms with Crippen LogP contribution in [0.2, 0.25) is 5.02 Å². The third kappa shape index (κ3) is 7.59. The first-order valence-corrected chi connectivity index (χ1v) is 15.4. The molecule has 1 saturated carbocycles. The van der Waals surface area contributed by atoms with E-state index in [1.54, 1.807) is 6.20 Å². The number of nitrogens with one attached hydrogen (secondary N) is 3. The van der Waals surface area contributed by atoms with Crippen LogP contribution in [0.3, 0.4) is 0 Å². The number of hydrogen-bond acceptors (Lipinski definition) is 4. The molecule has 2 heterocycles. The van der Waals surface area contributed by atoms with E-state index >= 15 is 0 Å². The van der Waals surface area contributed by atoms with Crippen LogP contribution in [-0.4, -0.2) is 53.0 Å². The normalized spacial score (nSPS) is 19.3. The molecule has 2 fully saturated rings. The molecule has 1 aromatic heterocycles. The van der Waals surface area contributed by atoms with Gasteiger partial charge in [0.1, 0.15) is 6.04 Å². The fourth-order valence-electron chi connectivity index (χ4n) is 5.94. The van der Waals surface area contributed by atoms with E-state index < -0.39 is 6.04 Å². The Morgan fingerprint density at radius 1 is 0.976 bits per heavy atom. The zero-order valence-corrected chi connectivity index (χ0v) is 24.3. The van der Waals surface area contributed by atoms with Crippen LogP contribution in [0.5, 0.6) is 0 Å². The molecule has 216 valence electrons. The predicted molar refractivity (Wildman–Crippen MR) is 167 cm³/mol. The van der Waals surface area contributed by atoms with Crippen LogP contribution in [0.25, 0.3) is 17.0 Å². The molecule has 2 aromatic carbocycles. The molecule has 0 bridgehead atoms. The number of β-lactam (4-membered cyclic amide) rings is 1. The van der Waals surface area contributed by atoms with Gasteiger partial charge in [-0.2, -0.15) is 0 Å². The number of halogens is 1. The number of amides is 3. The molecule has 3 N–H and O–H groups in total. The summed E-state index contributed by atoms with van der Waals surface area (Å²) in [5.74, 6) is 0.0346. The number of hydrogen-bond donors (Lipinski definition) is 3. The number of likely N-dealkylation sites (tertiary alicyclic amines) is 1. The molecular weight excluding hydrogens is 534 g/mol. The zero-order valence-electron chi connectivity index (χ0n) is 23.5. The molecule has 0 unspecified atom stereocenters. The lowest BCUT2D eigenvalue weighted by Gasteiger charge is -2.51. The fourth-order valence-corrected chi connectivity index (χ4v) is 6.10. The first-order valence-electron chi connectivity index (χ1n) is 15.0. The number of rotatable bonds is 12. The Morgan fingerprint density at radius 3 is 2.56 bits per heavy atom. The number of fused-ring (bicyclic) bond motifs is 1. The molecule has 2 atom stereocenters. The highest BCUT2D eigenvalue weighted by Crippen LogP contribution is 2.32. The van der Waals surface area contributed by atoms with E-state index in [0.29, 0.717) is 11.6 Å². The van der Waals surface area contributed by atoms with E-state index in [-0.39, 0.29) is 24.0 Å². The SMILES string of the molecule is O=C(NCCCCCCNc1ccnc2cc(Cl)ccc12)N[C@H]1C(=O)N(C2CCCCC2)[C@H]1/C=C/c1ccccc1. The van der Waals surface area contributed by atoms with Crippen LogP contribution in [0.4, 0.5) is 10.5 Å². The largest absolute Gasteiger partial charge is 0.384 e. The van der Waals surface area contributed by atoms with Gasteiger partial charge in [-0.05, 0) is 55.5 Å². The predicted octanol–water partition coefficient (Wildman–Crippen LogP) is 6.79. The van der Waals surface area contributed by atoms with Gasteiger partial charge in [0.05, 0.1) is 11.6 Å². The maximum atomic E-state index is 13.1. The van der Waals surface area contributed by atoms with Gasteiger partial charge in [-0.15, -0.1) is 0 Å². The highest BCUT2D eigenvalue weighted by molar-refractivity contribution is 6.31. The quantitative estimate of drug-likeness (QED) is 0.164. The molecule has 5 rings (SSSR count). The van der Waals surface area contributed by atoms with E-state index in [4.69, 9.17) is 11.6 Å². The molecule has 0 radical (unpaired) electrons. The van der Waals surface area contributed by atoms with E-state index in [0.717, 1.165) is 80.1 Å². The first kappa shape index (κ1) is 28.9. The second kappa shape index (κ2) is 14.4. The van der Waals surface area contributed by atoms with Gasteiger partial charge in [-0.3, -0.25) is 9.78 Å². The zero-order chi connectivity index (χ0) is 28.4. The third-order valence-corrected chi connectivity index (χ3v) is 8.37. The summed E-state index contributed by atoms with van der Waals surface area (Å²) in [6.45, 7) is 1.46. The molecule has 8 heteroatoms. The summed E-state index contributed by atoms with van der Waals surface area (Å²) in [5, 5.41) is 11.2. The summed E-state index contributed by atoms with van der Waals surface area (Å²) >= 11 is 6.08. The van der Waals surface area contributed by atoms with E-state index in [9.17, 15) is 9.59 Å². The Labute approximate surface area is 247 Å². The highest BCUT2D eigenvalue weighted by Gasteiger charge is 2.49. The Morgan fingerprint density at radius 2 is 1.76 bits per heavy atom. The first-order chi connectivity index (χ1) is 20.1. The van der Waals surface area contributed by atoms with Crippen LogP contribution in [0, 0.1) is 0 Å². The molecule has 1 aliphatic carbocycles. The van der Waals surface area contributed by atoms with Crippen LogP contribution < -0.4 is 16.0 Å². The van der Waals surface area contributed by atoms with Crippen molar-refractivity contribution in [3.8, 4) is 0 Å². The number of unbranched alkanes of at least 4 members (excludes halogenated alkanes) is 3. The summed E-state index contributed by atoms with van der Waals surface area (Å²) in [6.07, 6.45) is 15.6. The Hall–Kier alpha value is -3.58. The number of aromatic nitrogens is 1. The van der Waals surface area contributed by atoms with Crippen molar-refractivity contribution in [1.29, 1.82) is 0 Å². The van der Waals surface area contributed by atoms with Gasteiger partial charge in [0, 0.05) is 41.4 Å². The maximum Gasteiger partial charge on any atom is 0.315 e. The topological polar surface area (TPSA) is 86.4 Å². The lowest BCUT2D eigenvalue weighted by Crippen LogP contribution is -2.73. The lowest BCUT2D eigenvalue weighted by molar-refractivity contribution is -0.152. The molecule has 2 aliphatic rings. The van der Waals surface area contributed by atoms with Crippen molar-refractivity contribution >= 4 is 46.2 Å². The van der Waals surface area contributed by atoms with Crippen molar-refractivity contribution in [2.24, 2.45) is 0 Å². The minimum absolute atomic E-state index is 0.0346. The van der Waals surface area contributed by atoms with Gasteiger partial charge in [-0.1, -0.05) is 86.2 Å². The van der Waals surface area contributed by atoms with Gasteiger partial charge in [-0.25, -0.2) is 4.79 Å². The molecule has 1 saturated heterocycles. The van der Waals surface area contributed by atoms with E-state index in [2.05, 4.69) is 33.1 Å². The maximum absolute atomic E-state index is 13.1. The molecule has 7 nitrogen and oxygen atoms in total. The minimum Gasteiger partial charge on any atom is -0.384 e. The van der Waals surface area contributed by atoms with Crippen molar-refractivity contribution in [3.63, 3.8) is 0 Å². The number of benzene rings is 2. The number of nitrogens with zero attached hydrogens (tertiary/aromatic N) is 2. The molecule has 41 heavy (non-hydrogen) atoms. The van der Waals surface area contributed by atoms with Crippen molar-refractivity contribution < 1.29 is 9.59 Å². The van der Waals surface area contributed by atoms with E-state index in [1.807, 2.05) is 59.5 Å². The number of urea groups is 1. The Balaban J connectivity index is 1.02. The van der Waals surface area contributed by atoms with Crippen LogP contribution in [0.15, 0.2) is 66.9 Å². The standard InChI is InChI=1S/C33H40ClN5O2/c34-25-16-17-27-28(19-22-36-29(27)23-25)35-20-9-1-2-10-21-37-33(41)38-31-30(18-15-24-11-5-3-6-12-24)39(32(31)40)26-13-7-4-8-14-26/h3,5-6,11-12,15-19,22-23,26,30-31H,1-2,4,7-10,13-14,20-21H2,(H,35,36)(H2,37,38,41)/b18-15+/t30-,31+/m0/s1. The fraction of sp³-hybridized carbons (Fsp3) is 0.424. The molecule has 0 spiro atoms. The minimum atomic E-state index is -0.511. The van der Waals surface area contributed by atoms with E-state index in [1.165, 1.54) is 6.42 Å². The Kier molecular flexibility index (Phi) is 10.1. The van der Waals surface area contributed by atoms with Gasteiger partial charge < -0.3 is 20.9 Å². The third-order valence-electron chi connectivity index (χ3n) is 8.13. The second-order valence-electron chi connectivity index (χ2n) is 11.0. The monoisotopic (exact) mass is 573 g/mol. The second-order valence-corrected chi connectivity index (χ2v) is 11.5. The van der Waals surface area contributed by atoms with Gasteiger partial charge in [0.25, 0.3) is 0 Å². The summed E-state index contributed by atoms with van der Waals surface area (Å²) in [7, 11) is 0. The number of carbonyl (C=O) groups excluding carboxylic acids is 2. The van der Waals surface area contributed by atoms with Crippen LogP contribution in [0.1, 0.15) is 63.4 Å². The van der Waals surface area contributed by atoms with Crippen molar-refractivity contribution in [2.75, 3.05) is 18.4 Å². The van der Waals surface area contributed by atoms with Crippen LogP contribution in [-0.2, 0) is 4.79 Å². The van der Waals surface area contributed by atoms with Crippen molar-refractivity contribution in [1.82, 2.24) is 20.5 Å². The number of carbonyl (C=O) groups is 2. The summed E-state index contributed by atoms with van der Waals surface area (Å²) in [4.78, 5) is 32.2. The highest BCUT2D eigenvalue weighted by atomic mass is 35.5. The molecule has 3 amide bonds. The van der Waals surface area contributed by atoms with Gasteiger partial charge in [0.15, 0.2) is 0 Å². The van der Waals surface area contributed by atoms with Crippen LogP contribution >= 0.6 is 11.6 Å². The Bertz CT molecular complexity index is 1340. The summed E-state index contributed by atoms with van der Waals surface area (Å²) < 4.78 is 0. The summed E-state index contributed by atoms with van der Waals surface area (Å²) in [6, 6.07) is 17.2. The lowest BCUT2D eigenvalue weighted by atomic mass is 9.85. The van der Waals surface area contributed by atoms with Crippen molar-refractivity contribution in [2.45, 2.75) is 75.9 Å². The van der Waals surface area contributed by atoms with Gasteiger partial charge in [0.2, 0.25) is 5.91 Å². The average molecular weight is 574 g/mol. The average Bonchev–Trinajstić information content (AvgIpc) is 3.00. The molecule has 3 aromatic rings. The summed E-state index contributed by atoms with van der Waals surface area (Å²) in [5.41, 5.74) is 3.04. The number of anilines is 1. The van der Waals surface area contributed by atoms with Crippen molar-refractivity contribution in [3.05, 3.63) is 77.5 Å².